The summed E-state index contributed by atoms with van der Waals surface area (Å²) in [6.07, 6.45) is 1.08. The zero-order chi connectivity index (χ0) is 13.9. The third-order valence-corrected chi connectivity index (χ3v) is 3.55. The fourth-order valence-corrected chi connectivity index (χ4v) is 2.30. The predicted octanol–water partition coefficient (Wildman–Crippen LogP) is 0.646. The van der Waals surface area contributed by atoms with Crippen LogP contribution in [0.4, 0.5) is 11.4 Å². The smallest absolute Gasteiger partial charge is 0.327 e. The van der Waals surface area contributed by atoms with Crippen molar-refractivity contribution in [2.24, 2.45) is 0 Å². The second-order valence-corrected chi connectivity index (χ2v) is 5.86. The van der Waals surface area contributed by atoms with Gasteiger partial charge in [0.15, 0.2) is 9.84 Å². The third kappa shape index (κ3) is 3.13. The van der Waals surface area contributed by atoms with E-state index >= 15 is 0 Å². The van der Waals surface area contributed by atoms with Crippen molar-refractivity contribution >= 4 is 27.2 Å². The van der Waals surface area contributed by atoms with Gasteiger partial charge in [0, 0.05) is 6.26 Å². The molecule has 1 rings (SSSR count). The van der Waals surface area contributed by atoms with Crippen LogP contribution < -0.4 is 11.1 Å². The molecule has 18 heavy (non-hydrogen) atoms. The van der Waals surface area contributed by atoms with Crippen LogP contribution in [0.2, 0.25) is 0 Å². The van der Waals surface area contributed by atoms with Gasteiger partial charge in [0.2, 0.25) is 0 Å². The van der Waals surface area contributed by atoms with Gasteiger partial charge >= 0.3 is 5.97 Å². The number of nitrogens with two attached hydrogens (primary N) is 1. The highest BCUT2D eigenvalue weighted by Gasteiger charge is 2.18. The summed E-state index contributed by atoms with van der Waals surface area (Å²) in [4.78, 5) is 11.3. The molecule has 0 heterocycles. The zero-order valence-electron chi connectivity index (χ0n) is 10.4. The highest BCUT2D eigenvalue weighted by atomic mass is 32.2. The van der Waals surface area contributed by atoms with E-state index in [2.05, 4.69) is 10.1 Å². The van der Waals surface area contributed by atoms with E-state index in [-0.39, 0.29) is 10.6 Å². The molecule has 100 valence electrons. The molecule has 6 nitrogen and oxygen atoms in total. The van der Waals surface area contributed by atoms with Gasteiger partial charge in [-0.15, -0.1) is 0 Å². The number of esters is 1. The van der Waals surface area contributed by atoms with E-state index < -0.39 is 21.8 Å². The molecule has 0 spiro atoms. The van der Waals surface area contributed by atoms with Crippen LogP contribution in [-0.2, 0) is 19.4 Å². The average molecular weight is 272 g/mol. The standard InChI is InChI=1S/C11H16N2O4S/c1-7(11(14)17-2)13-8-5-4-6-9(10(8)12)18(3,15)16/h4-7,13H,12H2,1-3H3. The molecule has 0 saturated carbocycles. The fourth-order valence-electron chi connectivity index (χ4n) is 1.46. The minimum absolute atomic E-state index is 0.0320. The molecule has 1 atom stereocenters. The van der Waals surface area contributed by atoms with E-state index in [1.165, 1.54) is 13.2 Å². The van der Waals surface area contributed by atoms with E-state index in [1.807, 2.05) is 0 Å². The van der Waals surface area contributed by atoms with Gasteiger partial charge in [-0.05, 0) is 19.1 Å². The summed E-state index contributed by atoms with van der Waals surface area (Å²) in [6.45, 7) is 1.60. The molecular formula is C11H16N2O4S. The van der Waals surface area contributed by atoms with Crippen LogP contribution >= 0.6 is 0 Å². The highest BCUT2D eigenvalue weighted by molar-refractivity contribution is 7.90. The van der Waals surface area contributed by atoms with Crippen molar-refractivity contribution in [1.29, 1.82) is 0 Å². The Hall–Kier alpha value is -1.76. The van der Waals surface area contributed by atoms with Gasteiger partial charge in [0.25, 0.3) is 0 Å². The molecule has 0 aliphatic rings. The van der Waals surface area contributed by atoms with Crippen LogP contribution in [0.25, 0.3) is 0 Å². The molecule has 0 aliphatic heterocycles. The summed E-state index contributed by atoms with van der Waals surface area (Å²) in [5, 5.41) is 2.81. The lowest BCUT2D eigenvalue weighted by atomic mass is 10.2. The number of rotatable bonds is 4. The number of anilines is 2. The third-order valence-electron chi connectivity index (χ3n) is 2.39. The Kier molecular flexibility index (Phi) is 4.18. The lowest BCUT2D eigenvalue weighted by Crippen LogP contribution is -2.27. The van der Waals surface area contributed by atoms with Gasteiger partial charge in [-0.3, -0.25) is 0 Å². The van der Waals surface area contributed by atoms with Gasteiger partial charge in [0.1, 0.15) is 6.04 Å². The van der Waals surface area contributed by atoms with Crippen molar-refractivity contribution < 1.29 is 17.9 Å². The summed E-state index contributed by atoms with van der Waals surface area (Å²) in [7, 11) is -2.12. The van der Waals surface area contributed by atoms with Crippen molar-refractivity contribution in [2.45, 2.75) is 17.9 Å². The van der Waals surface area contributed by atoms with Crippen molar-refractivity contribution in [1.82, 2.24) is 0 Å². The molecule has 7 heteroatoms. The summed E-state index contributed by atoms with van der Waals surface area (Å²) in [6, 6.07) is 3.95. The highest BCUT2D eigenvalue weighted by Crippen LogP contribution is 2.27. The molecular weight excluding hydrogens is 256 g/mol. The molecule has 1 aromatic carbocycles. The predicted molar refractivity (Wildman–Crippen MR) is 69.1 cm³/mol. The molecule has 0 aliphatic carbocycles. The molecule has 1 aromatic rings. The van der Waals surface area contributed by atoms with Gasteiger partial charge in [0.05, 0.1) is 23.4 Å². The maximum atomic E-state index is 11.5. The molecule has 0 aromatic heterocycles. The maximum Gasteiger partial charge on any atom is 0.327 e. The maximum absolute atomic E-state index is 11.5. The number of carbonyl (C=O) groups is 1. The van der Waals surface area contributed by atoms with Crippen LogP contribution in [0.1, 0.15) is 6.92 Å². The first-order valence-electron chi connectivity index (χ1n) is 5.20. The van der Waals surface area contributed by atoms with Crippen molar-refractivity contribution in [3.05, 3.63) is 18.2 Å². The molecule has 0 fully saturated rings. The van der Waals surface area contributed by atoms with Crippen LogP contribution in [0.5, 0.6) is 0 Å². The number of para-hydroxylation sites is 1. The Balaban J connectivity index is 3.09. The fraction of sp³-hybridized carbons (Fsp3) is 0.364. The van der Waals surface area contributed by atoms with E-state index in [4.69, 9.17) is 5.73 Å². The van der Waals surface area contributed by atoms with E-state index in [9.17, 15) is 13.2 Å². The number of hydrogen-bond acceptors (Lipinski definition) is 6. The first-order chi connectivity index (χ1) is 8.27. The number of carbonyl (C=O) groups excluding carboxylic acids is 1. The molecule has 0 amide bonds. The largest absolute Gasteiger partial charge is 0.467 e. The SMILES string of the molecule is COC(=O)C(C)Nc1cccc(S(C)(=O)=O)c1N. The van der Waals surface area contributed by atoms with Crippen LogP contribution in [-0.4, -0.2) is 33.8 Å². The Morgan fingerprint density at radius 2 is 2.06 bits per heavy atom. The number of ether oxygens (including phenoxy) is 1. The summed E-state index contributed by atoms with van der Waals surface area (Å²) in [5.41, 5.74) is 6.24. The van der Waals surface area contributed by atoms with E-state index in [0.29, 0.717) is 5.69 Å². The average Bonchev–Trinajstić information content (AvgIpc) is 2.29. The number of hydrogen-bond donors (Lipinski definition) is 2. The minimum Gasteiger partial charge on any atom is -0.467 e. The quantitative estimate of drug-likeness (QED) is 0.616. The van der Waals surface area contributed by atoms with Gasteiger partial charge < -0.3 is 15.8 Å². The van der Waals surface area contributed by atoms with Crippen molar-refractivity contribution in [3.8, 4) is 0 Å². The number of sulfone groups is 1. The second kappa shape index (κ2) is 5.26. The normalized spacial score (nSPS) is 12.8. The Bertz CT molecular complexity index is 554. The molecule has 0 bridgehead atoms. The number of nitrogens with one attached hydrogen (secondary N) is 1. The van der Waals surface area contributed by atoms with E-state index in [0.717, 1.165) is 6.26 Å². The lowest BCUT2D eigenvalue weighted by Gasteiger charge is -2.16. The monoisotopic (exact) mass is 272 g/mol. The summed E-state index contributed by atoms with van der Waals surface area (Å²) in [5.74, 6) is -0.459. The molecule has 1 unspecified atom stereocenters. The molecule has 0 saturated heterocycles. The molecule has 0 radical (unpaired) electrons. The van der Waals surface area contributed by atoms with Crippen LogP contribution in [0.15, 0.2) is 23.1 Å². The number of methoxy groups -OCH3 is 1. The minimum atomic E-state index is -3.40. The second-order valence-electron chi connectivity index (χ2n) is 3.88. The Morgan fingerprint density at radius 1 is 1.44 bits per heavy atom. The van der Waals surface area contributed by atoms with E-state index in [1.54, 1.807) is 19.1 Å². The number of nitrogen functional groups attached to an aromatic ring is 1. The zero-order valence-corrected chi connectivity index (χ0v) is 11.2. The summed E-state index contributed by atoms with van der Waals surface area (Å²) < 4.78 is 27.5. The topological polar surface area (TPSA) is 98.5 Å². The first kappa shape index (κ1) is 14.3. The van der Waals surface area contributed by atoms with Crippen LogP contribution in [0.3, 0.4) is 0 Å². The lowest BCUT2D eigenvalue weighted by molar-refractivity contribution is -0.141. The van der Waals surface area contributed by atoms with Gasteiger partial charge in [-0.25, -0.2) is 13.2 Å². The Morgan fingerprint density at radius 3 is 2.56 bits per heavy atom. The van der Waals surface area contributed by atoms with Crippen LogP contribution in [0, 0.1) is 0 Å². The van der Waals surface area contributed by atoms with Gasteiger partial charge in [-0.2, -0.15) is 0 Å². The van der Waals surface area contributed by atoms with Crippen molar-refractivity contribution in [2.75, 3.05) is 24.4 Å². The first-order valence-corrected chi connectivity index (χ1v) is 7.09. The molecule has 3 N–H and O–H groups in total. The Labute approximate surface area is 106 Å². The number of benzene rings is 1. The summed E-state index contributed by atoms with van der Waals surface area (Å²) >= 11 is 0. The van der Waals surface area contributed by atoms with Gasteiger partial charge in [-0.1, -0.05) is 6.07 Å². The van der Waals surface area contributed by atoms with Crippen molar-refractivity contribution in [3.63, 3.8) is 0 Å².